The van der Waals surface area contributed by atoms with E-state index in [9.17, 15) is 9.18 Å². The van der Waals surface area contributed by atoms with Crippen LogP contribution in [-0.2, 0) is 24.4 Å². The molecule has 1 N–H and O–H groups in total. The molecule has 6 heteroatoms. The first-order valence-electron chi connectivity index (χ1n) is 8.96. The van der Waals surface area contributed by atoms with Crippen LogP contribution < -0.4 is 5.32 Å². The van der Waals surface area contributed by atoms with Gasteiger partial charge in [0.15, 0.2) is 0 Å². The van der Waals surface area contributed by atoms with E-state index in [0.717, 1.165) is 23.2 Å². The minimum atomic E-state index is -0.279. The van der Waals surface area contributed by atoms with Gasteiger partial charge in [-0.05, 0) is 42.9 Å². The fourth-order valence-corrected chi connectivity index (χ4v) is 2.67. The van der Waals surface area contributed by atoms with E-state index >= 15 is 0 Å². The number of ether oxygens (including phenoxy) is 1. The Hall–Kier alpha value is -2.44. The van der Waals surface area contributed by atoms with Crippen molar-refractivity contribution in [2.45, 2.75) is 19.7 Å². The summed E-state index contributed by atoms with van der Waals surface area (Å²) in [5.74, 6) is -0.279. The van der Waals surface area contributed by atoms with Gasteiger partial charge in [0.1, 0.15) is 5.82 Å². The number of likely N-dealkylation sites (N-methyl/N-ethyl adjacent to an activating group) is 1. The van der Waals surface area contributed by atoms with Crippen LogP contribution in [0.1, 0.15) is 16.7 Å². The predicted molar refractivity (Wildman–Crippen MR) is 105 cm³/mol. The van der Waals surface area contributed by atoms with Crippen molar-refractivity contribution < 1.29 is 13.9 Å². The molecule has 0 bridgehead atoms. The monoisotopic (exact) mass is 373 g/mol. The maximum absolute atomic E-state index is 13.1. The molecule has 0 unspecified atom stereocenters. The van der Waals surface area contributed by atoms with E-state index in [1.165, 1.54) is 12.1 Å². The maximum Gasteiger partial charge on any atom is 0.318 e. The lowest BCUT2D eigenvalue weighted by atomic mass is 10.1. The summed E-state index contributed by atoms with van der Waals surface area (Å²) >= 11 is 0. The van der Waals surface area contributed by atoms with E-state index in [-0.39, 0.29) is 11.8 Å². The van der Waals surface area contributed by atoms with Crippen LogP contribution in [0.15, 0.2) is 48.5 Å². The molecule has 5 nitrogen and oxygen atoms in total. The van der Waals surface area contributed by atoms with Crippen molar-refractivity contribution in [3.8, 4) is 0 Å². The maximum atomic E-state index is 13.1. The number of carbonyl (C=O) groups excluding carboxylic acids is 1. The standard InChI is InChI=1S/C21H28FN3O2/c1-24(2)11-12-25(15-17-7-9-20(22)10-8-17)21(26)23-14-18-5-4-6-19(13-18)16-27-3/h4-10,13H,11-12,14-16H2,1-3H3,(H,23,26). The average molecular weight is 373 g/mol. The fraction of sp³-hybridized carbons (Fsp3) is 0.381. The lowest BCUT2D eigenvalue weighted by molar-refractivity contribution is 0.184. The molecular weight excluding hydrogens is 345 g/mol. The lowest BCUT2D eigenvalue weighted by Gasteiger charge is -2.25. The molecule has 0 spiro atoms. The van der Waals surface area contributed by atoms with Crippen molar-refractivity contribution in [1.29, 1.82) is 0 Å². The van der Waals surface area contributed by atoms with Gasteiger partial charge in [-0.25, -0.2) is 9.18 Å². The summed E-state index contributed by atoms with van der Waals surface area (Å²) in [6, 6.07) is 14.1. The smallest absolute Gasteiger partial charge is 0.318 e. The first-order valence-corrected chi connectivity index (χ1v) is 8.96. The largest absolute Gasteiger partial charge is 0.380 e. The lowest BCUT2D eigenvalue weighted by Crippen LogP contribution is -2.42. The Labute approximate surface area is 160 Å². The molecule has 2 amide bonds. The van der Waals surface area contributed by atoms with Gasteiger partial charge in [0.2, 0.25) is 0 Å². The number of amides is 2. The van der Waals surface area contributed by atoms with Gasteiger partial charge in [0, 0.05) is 33.3 Å². The zero-order valence-corrected chi connectivity index (χ0v) is 16.2. The molecule has 0 aliphatic carbocycles. The second kappa shape index (κ2) is 10.6. The Morgan fingerprint density at radius 2 is 1.74 bits per heavy atom. The van der Waals surface area contributed by atoms with Gasteiger partial charge in [-0.15, -0.1) is 0 Å². The highest BCUT2D eigenvalue weighted by Crippen LogP contribution is 2.09. The summed E-state index contributed by atoms with van der Waals surface area (Å²) in [6.45, 7) is 2.75. The molecule has 0 atom stereocenters. The topological polar surface area (TPSA) is 44.8 Å². The molecule has 0 aromatic heterocycles. The van der Waals surface area contributed by atoms with Crippen LogP contribution in [0.2, 0.25) is 0 Å². The summed E-state index contributed by atoms with van der Waals surface area (Å²) in [6.07, 6.45) is 0. The van der Waals surface area contributed by atoms with Gasteiger partial charge in [-0.3, -0.25) is 0 Å². The molecule has 0 aliphatic rings. The quantitative estimate of drug-likeness (QED) is 0.734. The first kappa shape index (κ1) is 20.9. The Balaban J connectivity index is 1.99. The van der Waals surface area contributed by atoms with Crippen LogP contribution in [0.4, 0.5) is 9.18 Å². The number of hydrogen-bond acceptors (Lipinski definition) is 3. The van der Waals surface area contributed by atoms with Crippen molar-refractivity contribution in [2.75, 3.05) is 34.3 Å². The zero-order chi connectivity index (χ0) is 19.6. The third kappa shape index (κ3) is 7.37. The van der Waals surface area contributed by atoms with E-state index in [2.05, 4.69) is 5.32 Å². The number of nitrogens with one attached hydrogen (secondary N) is 1. The molecule has 0 fully saturated rings. The Bertz CT molecular complexity index is 720. The molecule has 27 heavy (non-hydrogen) atoms. The molecule has 2 aromatic carbocycles. The van der Waals surface area contributed by atoms with Gasteiger partial charge in [-0.1, -0.05) is 36.4 Å². The third-order valence-electron chi connectivity index (χ3n) is 4.14. The molecule has 2 rings (SSSR count). The third-order valence-corrected chi connectivity index (χ3v) is 4.14. The van der Waals surface area contributed by atoms with Crippen LogP contribution in [0.3, 0.4) is 0 Å². The number of benzene rings is 2. The van der Waals surface area contributed by atoms with Gasteiger partial charge >= 0.3 is 6.03 Å². The van der Waals surface area contributed by atoms with Crippen LogP contribution in [0, 0.1) is 5.82 Å². The predicted octanol–water partition coefficient (Wildman–Crippen LogP) is 3.25. The van der Waals surface area contributed by atoms with E-state index in [1.807, 2.05) is 43.3 Å². The number of rotatable bonds is 9. The number of halogens is 1. The molecule has 0 radical (unpaired) electrons. The minimum Gasteiger partial charge on any atom is -0.380 e. The van der Waals surface area contributed by atoms with Crippen LogP contribution in [-0.4, -0.2) is 50.1 Å². The number of carbonyl (C=O) groups is 1. The zero-order valence-electron chi connectivity index (χ0n) is 16.2. The summed E-state index contributed by atoms with van der Waals surface area (Å²) < 4.78 is 18.3. The second-order valence-electron chi connectivity index (χ2n) is 6.76. The highest BCUT2D eigenvalue weighted by molar-refractivity contribution is 5.74. The summed E-state index contributed by atoms with van der Waals surface area (Å²) in [4.78, 5) is 16.5. The number of methoxy groups -OCH3 is 1. The Morgan fingerprint density at radius 3 is 2.41 bits per heavy atom. The molecule has 0 saturated carbocycles. The van der Waals surface area contributed by atoms with Crippen LogP contribution in [0.5, 0.6) is 0 Å². The minimum absolute atomic E-state index is 0.140. The number of hydrogen-bond donors (Lipinski definition) is 1. The van der Waals surface area contributed by atoms with Gasteiger partial charge in [0.05, 0.1) is 6.61 Å². The van der Waals surface area contributed by atoms with Crippen molar-refractivity contribution in [2.24, 2.45) is 0 Å². The average Bonchev–Trinajstić information content (AvgIpc) is 2.65. The van der Waals surface area contributed by atoms with E-state index < -0.39 is 0 Å². The fourth-order valence-electron chi connectivity index (χ4n) is 2.67. The summed E-state index contributed by atoms with van der Waals surface area (Å²) in [5, 5.41) is 2.98. The van der Waals surface area contributed by atoms with Gasteiger partial charge in [0.25, 0.3) is 0 Å². The molecule has 2 aromatic rings. The summed E-state index contributed by atoms with van der Waals surface area (Å²) in [7, 11) is 5.59. The van der Waals surface area contributed by atoms with Gasteiger partial charge < -0.3 is 19.9 Å². The molecule has 146 valence electrons. The van der Waals surface area contributed by atoms with Gasteiger partial charge in [-0.2, -0.15) is 0 Å². The molecule has 0 saturated heterocycles. The van der Waals surface area contributed by atoms with E-state index in [1.54, 1.807) is 24.1 Å². The second-order valence-corrected chi connectivity index (χ2v) is 6.76. The van der Waals surface area contributed by atoms with Crippen molar-refractivity contribution >= 4 is 6.03 Å². The summed E-state index contributed by atoms with van der Waals surface area (Å²) in [5.41, 5.74) is 2.99. The van der Waals surface area contributed by atoms with Crippen molar-refractivity contribution in [1.82, 2.24) is 15.1 Å². The molecular formula is C21H28FN3O2. The van der Waals surface area contributed by atoms with E-state index in [4.69, 9.17) is 4.74 Å². The highest BCUT2D eigenvalue weighted by Gasteiger charge is 2.14. The highest BCUT2D eigenvalue weighted by atomic mass is 19.1. The molecule has 0 heterocycles. The Morgan fingerprint density at radius 1 is 1.04 bits per heavy atom. The van der Waals surface area contributed by atoms with E-state index in [0.29, 0.717) is 26.2 Å². The Kier molecular flexibility index (Phi) is 8.23. The van der Waals surface area contributed by atoms with Crippen molar-refractivity contribution in [3.05, 3.63) is 71.0 Å². The van der Waals surface area contributed by atoms with Crippen LogP contribution >= 0.6 is 0 Å². The normalized spacial score (nSPS) is 10.9. The van der Waals surface area contributed by atoms with Crippen molar-refractivity contribution in [3.63, 3.8) is 0 Å². The first-order chi connectivity index (χ1) is 13.0. The molecule has 0 aliphatic heterocycles. The van der Waals surface area contributed by atoms with Crippen LogP contribution in [0.25, 0.3) is 0 Å². The SMILES string of the molecule is COCc1cccc(CNC(=O)N(CCN(C)C)Cc2ccc(F)cc2)c1. The number of nitrogens with zero attached hydrogens (tertiary/aromatic N) is 2. The number of urea groups is 1.